The molecule has 0 bridgehead atoms. The summed E-state index contributed by atoms with van der Waals surface area (Å²) in [4.78, 5) is 17.7. The molecule has 32 heavy (non-hydrogen) atoms. The van der Waals surface area contributed by atoms with Crippen LogP contribution < -0.4 is 5.32 Å². The second-order valence-corrected chi connectivity index (χ2v) is 9.09. The standard InChI is InChI=1S/C25H17Cl2N3OS/c26-20-10-6-11-21(27)19(20)15-30-14-16(18-9-4-5-12-22(18)30)13-23-24(31)29-25(32-23)28-17-7-2-1-3-8-17/h1-14H,15H2,(H,28,29,31)/b23-13+. The first-order valence-corrected chi connectivity index (χ1v) is 11.5. The molecule has 1 amide bonds. The number of nitrogens with one attached hydrogen (secondary N) is 1. The van der Waals surface area contributed by atoms with Gasteiger partial charge in [-0.3, -0.25) is 4.79 Å². The van der Waals surface area contributed by atoms with E-state index >= 15 is 0 Å². The highest BCUT2D eigenvalue weighted by molar-refractivity contribution is 8.18. The van der Waals surface area contributed by atoms with E-state index in [0.717, 1.165) is 27.7 Å². The van der Waals surface area contributed by atoms with Crippen LogP contribution in [0.5, 0.6) is 0 Å². The number of hydrogen-bond donors (Lipinski definition) is 1. The van der Waals surface area contributed by atoms with Crippen LogP contribution >= 0.6 is 35.0 Å². The van der Waals surface area contributed by atoms with Crippen LogP contribution in [0.4, 0.5) is 5.69 Å². The molecule has 0 atom stereocenters. The lowest BCUT2D eigenvalue weighted by atomic mass is 10.1. The summed E-state index contributed by atoms with van der Waals surface area (Å²) >= 11 is 14.1. The van der Waals surface area contributed by atoms with Gasteiger partial charge >= 0.3 is 0 Å². The third-order valence-corrected chi connectivity index (χ3v) is 6.75. The van der Waals surface area contributed by atoms with Crippen molar-refractivity contribution < 1.29 is 4.79 Å². The zero-order chi connectivity index (χ0) is 22.1. The van der Waals surface area contributed by atoms with Crippen LogP contribution in [0.15, 0.2) is 88.9 Å². The summed E-state index contributed by atoms with van der Waals surface area (Å²) in [6.45, 7) is 0.530. The Morgan fingerprint density at radius 1 is 0.938 bits per heavy atom. The van der Waals surface area contributed by atoms with Crippen LogP contribution in [0, 0.1) is 0 Å². The van der Waals surface area contributed by atoms with Gasteiger partial charge in [-0.15, -0.1) is 0 Å². The first-order valence-electron chi connectivity index (χ1n) is 9.94. The average Bonchev–Trinajstić information content (AvgIpc) is 3.31. The highest BCUT2D eigenvalue weighted by atomic mass is 35.5. The summed E-state index contributed by atoms with van der Waals surface area (Å²) in [5.41, 5.74) is 3.64. The fourth-order valence-electron chi connectivity index (χ4n) is 3.62. The summed E-state index contributed by atoms with van der Waals surface area (Å²) in [6, 6.07) is 23.1. The Morgan fingerprint density at radius 3 is 2.44 bits per heavy atom. The Hall–Kier alpha value is -2.99. The molecule has 1 aromatic heterocycles. The molecule has 158 valence electrons. The van der Waals surface area contributed by atoms with Crippen molar-refractivity contribution in [2.24, 2.45) is 4.99 Å². The molecule has 0 unspecified atom stereocenters. The molecule has 1 saturated heterocycles. The lowest BCUT2D eigenvalue weighted by Crippen LogP contribution is -2.19. The zero-order valence-corrected chi connectivity index (χ0v) is 19.1. The number of benzene rings is 3. The number of aliphatic imine (C=N–C) groups is 1. The summed E-state index contributed by atoms with van der Waals surface area (Å²) in [5, 5.41) is 5.72. The maximum atomic E-state index is 12.6. The number of thioether (sulfide) groups is 1. The molecule has 2 heterocycles. The number of aromatic nitrogens is 1. The number of carbonyl (C=O) groups is 1. The number of carbonyl (C=O) groups excluding carboxylic acids is 1. The Labute approximate surface area is 199 Å². The van der Waals surface area contributed by atoms with Crippen LogP contribution in [0.3, 0.4) is 0 Å². The highest BCUT2D eigenvalue weighted by Gasteiger charge is 2.24. The second kappa shape index (κ2) is 8.87. The molecule has 1 aliphatic rings. The van der Waals surface area contributed by atoms with Crippen LogP contribution in [0.25, 0.3) is 17.0 Å². The normalized spacial score (nSPS) is 16.2. The molecule has 0 spiro atoms. The van der Waals surface area contributed by atoms with Gasteiger partial charge in [0.05, 0.1) is 17.1 Å². The lowest BCUT2D eigenvalue weighted by Gasteiger charge is -2.09. The Morgan fingerprint density at radius 2 is 1.66 bits per heavy atom. The Kier molecular flexibility index (Phi) is 5.79. The summed E-state index contributed by atoms with van der Waals surface area (Å²) in [7, 11) is 0. The largest absolute Gasteiger partial charge is 0.342 e. The van der Waals surface area contributed by atoms with Crippen molar-refractivity contribution in [2.75, 3.05) is 0 Å². The third-order valence-electron chi connectivity index (χ3n) is 5.13. The number of amidine groups is 1. The summed E-state index contributed by atoms with van der Waals surface area (Å²) < 4.78 is 2.10. The minimum Gasteiger partial charge on any atom is -0.342 e. The van der Waals surface area contributed by atoms with E-state index < -0.39 is 0 Å². The maximum absolute atomic E-state index is 12.6. The van der Waals surface area contributed by atoms with Gasteiger partial charge in [0.2, 0.25) is 0 Å². The monoisotopic (exact) mass is 477 g/mol. The van der Waals surface area contributed by atoms with E-state index in [0.29, 0.717) is 26.7 Å². The summed E-state index contributed by atoms with van der Waals surface area (Å²) in [5.74, 6) is -0.157. The number of rotatable bonds is 4. The van der Waals surface area contributed by atoms with Crippen LogP contribution in [0.1, 0.15) is 11.1 Å². The minimum atomic E-state index is -0.157. The first kappa shape index (κ1) is 20.9. The topological polar surface area (TPSA) is 46.4 Å². The number of nitrogens with zero attached hydrogens (tertiary/aromatic N) is 2. The van der Waals surface area contributed by atoms with Crippen molar-refractivity contribution >= 4 is 68.7 Å². The van der Waals surface area contributed by atoms with E-state index in [-0.39, 0.29) is 5.91 Å². The quantitative estimate of drug-likeness (QED) is 0.325. The van der Waals surface area contributed by atoms with Gasteiger partial charge in [-0.2, -0.15) is 0 Å². The summed E-state index contributed by atoms with van der Waals surface area (Å²) in [6.07, 6.45) is 3.93. The molecular formula is C25H17Cl2N3OS. The van der Waals surface area contributed by atoms with Crippen molar-refractivity contribution in [3.8, 4) is 0 Å². The van der Waals surface area contributed by atoms with Gasteiger partial charge in [-0.05, 0) is 48.2 Å². The van der Waals surface area contributed by atoms with Crippen molar-refractivity contribution in [3.05, 3.63) is 105 Å². The predicted molar refractivity (Wildman–Crippen MR) is 135 cm³/mol. The number of halogens is 2. The van der Waals surface area contributed by atoms with E-state index in [4.69, 9.17) is 23.2 Å². The van der Waals surface area contributed by atoms with Crippen LogP contribution in [-0.4, -0.2) is 15.6 Å². The molecule has 1 aliphatic heterocycles. The molecule has 1 fully saturated rings. The van der Waals surface area contributed by atoms with Crippen molar-refractivity contribution in [3.63, 3.8) is 0 Å². The molecule has 0 aliphatic carbocycles. The van der Waals surface area contributed by atoms with Gasteiger partial charge in [0.1, 0.15) is 0 Å². The highest BCUT2D eigenvalue weighted by Crippen LogP contribution is 2.32. The van der Waals surface area contributed by atoms with Crippen LogP contribution in [-0.2, 0) is 11.3 Å². The molecule has 7 heteroatoms. The van der Waals surface area contributed by atoms with E-state index in [2.05, 4.69) is 14.9 Å². The van der Waals surface area contributed by atoms with E-state index in [1.54, 1.807) is 0 Å². The molecule has 5 rings (SSSR count). The van der Waals surface area contributed by atoms with Gasteiger partial charge in [-0.25, -0.2) is 4.99 Å². The maximum Gasteiger partial charge on any atom is 0.264 e. The van der Waals surface area contributed by atoms with E-state index in [1.807, 2.05) is 85.1 Å². The van der Waals surface area contributed by atoms with Crippen molar-refractivity contribution in [1.29, 1.82) is 0 Å². The molecule has 3 aromatic carbocycles. The predicted octanol–water partition coefficient (Wildman–Crippen LogP) is 6.89. The fraction of sp³-hybridized carbons (Fsp3) is 0.0400. The number of hydrogen-bond acceptors (Lipinski definition) is 3. The van der Waals surface area contributed by atoms with Gasteiger partial charge in [0, 0.05) is 38.3 Å². The zero-order valence-electron chi connectivity index (χ0n) is 16.8. The van der Waals surface area contributed by atoms with Gasteiger partial charge < -0.3 is 9.88 Å². The average molecular weight is 478 g/mol. The molecule has 1 N–H and O–H groups in total. The molecule has 4 nitrogen and oxygen atoms in total. The molecular weight excluding hydrogens is 461 g/mol. The SMILES string of the molecule is O=C1NC(=Nc2ccccc2)S/C1=C/c1cn(Cc2c(Cl)cccc2Cl)c2ccccc12. The number of amides is 1. The molecule has 0 radical (unpaired) electrons. The first-order chi connectivity index (χ1) is 15.6. The Bertz CT molecular complexity index is 1370. The smallest absolute Gasteiger partial charge is 0.264 e. The fourth-order valence-corrected chi connectivity index (χ4v) is 4.97. The lowest BCUT2D eigenvalue weighted by molar-refractivity contribution is -0.115. The molecule has 4 aromatic rings. The Balaban J connectivity index is 1.51. The van der Waals surface area contributed by atoms with Crippen molar-refractivity contribution in [1.82, 2.24) is 9.88 Å². The molecule has 0 saturated carbocycles. The van der Waals surface area contributed by atoms with Gasteiger partial charge in [0.25, 0.3) is 5.91 Å². The van der Waals surface area contributed by atoms with Gasteiger partial charge in [0.15, 0.2) is 5.17 Å². The second-order valence-electron chi connectivity index (χ2n) is 7.25. The number of fused-ring (bicyclic) bond motifs is 1. The third kappa shape index (κ3) is 4.19. The van der Waals surface area contributed by atoms with Crippen LogP contribution in [0.2, 0.25) is 10.0 Å². The van der Waals surface area contributed by atoms with E-state index in [1.165, 1.54) is 11.8 Å². The van der Waals surface area contributed by atoms with Crippen molar-refractivity contribution in [2.45, 2.75) is 6.54 Å². The number of para-hydroxylation sites is 2. The minimum absolute atomic E-state index is 0.157. The van der Waals surface area contributed by atoms with E-state index in [9.17, 15) is 4.79 Å². The van der Waals surface area contributed by atoms with Gasteiger partial charge in [-0.1, -0.05) is 65.7 Å².